The monoisotopic (exact) mass is 400 g/mol. The van der Waals surface area contributed by atoms with Crippen LogP contribution in [0.15, 0.2) is 18.3 Å². The lowest BCUT2D eigenvalue weighted by Crippen LogP contribution is -2.42. The predicted molar refractivity (Wildman–Crippen MR) is 115 cm³/mol. The van der Waals surface area contributed by atoms with Gasteiger partial charge in [-0.3, -0.25) is 0 Å². The summed E-state index contributed by atoms with van der Waals surface area (Å²) in [6.45, 7) is 7.34. The number of nitrogens with one attached hydrogen (secondary N) is 1. The van der Waals surface area contributed by atoms with Crippen LogP contribution in [0.4, 0.5) is 10.6 Å². The van der Waals surface area contributed by atoms with Crippen molar-refractivity contribution in [1.82, 2.24) is 14.8 Å². The first-order chi connectivity index (χ1) is 14.2. The van der Waals surface area contributed by atoms with Crippen LogP contribution < -0.4 is 5.32 Å². The number of amides is 1. The zero-order valence-electron chi connectivity index (χ0n) is 17.8. The van der Waals surface area contributed by atoms with Gasteiger partial charge in [-0.05, 0) is 88.4 Å². The van der Waals surface area contributed by atoms with E-state index in [-0.39, 0.29) is 6.09 Å². The Morgan fingerprint density at radius 3 is 2.72 bits per heavy atom. The quantitative estimate of drug-likeness (QED) is 0.779. The van der Waals surface area contributed by atoms with Gasteiger partial charge >= 0.3 is 6.09 Å². The molecular weight excluding hydrogens is 364 g/mol. The molecule has 3 fully saturated rings. The van der Waals surface area contributed by atoms with Gasteiger partial charge in [-0.25, -0.2) is 9.78 Å². The highest BCUT2D eigenvalue weighted by molar-refractivity contribution is 5.67. The fourth-order valence-electron chi connectivity index (χ4n) is 4.87. The van der Waals surface area contributed by atoms with Gasteiger partial charge in [0.05, 0.1) is 6.61 Å². The molecule has 0 aromatic carbocycles. The molecule has 1 atom stereocenters. The van der Waals surface area contributed by atoms with E-state index >= 15 is 0 Å². The summed E-state index contributed by atoms with van der Waals surface area (Å²) in [7, 11) is 0. The Morgan fingerprint density at radius 2 is 1.97 bits per heavy atom. The van der Waals surface area contributed by atoms with Gasteiger partial charge in [-0.1, -0.05) is 6.07 Å². The van der Waals surface area contributed by atoms with Crippen LogP contribution in [0.2, 0.25) is 0 Å². The van der Waals surface area contributed by atoms with E-state index in [1.165, 1.54) is 37.7 Å². The molecule has 0 spiro atoms. The second-order valence-electron chi connectivity index (χ2n) is 8.85. The van der Waals surface area contributed by atoms with Gasteiger partial charge in [0.25, 0.3) is 0 Å². The smallest absolute Gasteiger partial charge is 0.409 e. The third-order valence-electron chi connectivity index (χ3n) is 6.80. The number of nitrogens with zero attached hydrogens (tertiary/aromatic N) is 3. The first kappa shape index (κ1) is 20.5. The fourth-order valence-corrected chi connectivity index (χ4v) is 4.87. The van der Waals surface area contributed by atoms with Crippen molar-refractivity contribution in [3.05, 3.63) is 23.9 Å². The van der Waals surface area contributed by atoms with E-state index in [1.807, 2.05) is 18.0 Å². The van der Waals surface area contributed by atoms with E-state index in [0.717, 1.165) is 57.3 Å². The van der Waals surface area contributed by atoms with Crippen molar-refractivity contribution in [2.45, 2.75) is 63.8 Å². The molecule has 1 unspecified atom stereocenters. The summed E-state index contributed by atoms with van der Waals surface area (Å²) in [5, 5.41) is 3.61. The molecule has 2 saturated heterocycles. The molecule has 1 amide bonds. The van der Waals surface area contributed by atoms with Crippen molar-refractivity contribution < 1.29 is 9.53 Å². The Labute approximate surface area is 175 Å². The summed E-state index contributed by atoms with van der Waals surface area (Å²) >= 11 is 0. The molecule has 1 aromatic rings. The normalized spacial score (nSPS) is 24.2. The van der Waals surface area contributed by atoms with Crippen LogP contribution in [-0.4, -0.2) is 66.2 Å². The molecule has 1 aliphatic carbocycles. The third-order valence-corrected chi connectivity index (χ3v) is 6.80. The van der Waals surface area contributed by atoms with Crippen LogP contribution in [0.3, 0.4) is 0 Å². The molecule has 3 aliphatic rings. The van der Waals surface area contributed by atoms with Gasteiger partial charge in [0.15, 0.2) is 0 Å². The molecule has 2 aliphatic heterocycles. The van der Waals surface area contributed by atoms with Crippen LogP contribution in [0.25, 0.3) is 0 Å². The minimum absolute atomic E-state index is 0.144. The van der Waals surface area contributed by atoms with Crippen molar-refractivity contribution in [3.63, 3.8) is 0 Å². The highest BCUT2D eigenvalue weighted by atomic mass is 16.6. The summed E-state index contributed by atoms with van der Waals surface area (Å²) in [5.41, 5.74) is 1.40. The minimum atomic E-state index is -0.144. The highest BCUT2D eigenvalue weighted by Crippen LogP contribution is 2.35. The SMILES string of the molecule is CCOC(=O)N1CCCC(N2CCC(c3cccnc3NCC3CC3)CC2)CC1. The number of pyridine rings is 1. The molecule has 1 N–H and O–H groups in total. The largest absolute Gasteiger partial charge is 0.450 e. The van der Waals surface area contributed by atoms with E-state index in [1.54, 1.807) is 0 Å². The van der Waals surface area contributed by atoms with Crippen molar-refractivity contribution in [1.29, 1.82) is 0 Å². The Morgan fingerprint density at radius 1 is 1.14 bits per heavy atom. The van der Waals surface area contributed by atoms with Gasteiger partial charge in [-0.2, -0.15) is 0 Å². The summed E-state index contributed by atoms with van der Waals surface area (Å²) < 4.78 is 5.19. The Bertz CT molecular complexity index is 671. The maximum absolute atomic E-state index is 12.0. The van der Waals surface area contributed by atoms with Crippen LogP contribution in [0.1, 0.15) is 63.4 Å². The van der Waals surface area contributed by atoms with Crippen LogP contribution >= 0.6 is 0 Å². The fraction of sp³-hybridized carbons (Fsp3) is 0.739. The Hall–Kier alpha value is -1.82. The van der Waals surface area contributed by atoms with E-state index < -0.39 is 0 Å². The van der Waals surface area contributed by atoms with Gasteiger partial charge < -0.3 is 19.9 Å². The van der Waals surface area contributed by atoms with E-state index in [9.17, 15) is 4.79 Å². The van der Waals surface area contributed by atoms with Crippen LogP contribution in [0.5, 0.6) is 0 Å². The number of anilines is 1. The number of carbonyl (C=O) groups is 1. The van der Waals surface area contributed by atoms with Crippen molar-refractivity contribution in [2.75, 3.05) is 44.6 Å². The standard InChI is InChI=1S/C23H36N4O2/c1-2-29-23(28)27-13-4-5-20(11-16-27)26-14-9-19(10-15-26)21-6-3-12-24-22(21)25-17-18-7-8-18/h3,6,12,18-20H,2,4-5,7-11,13-17H2,1H3,(H,24,25). The molecule has 1 saturated carbocycles. The Balaban J connectivity index is 1.29. The first-order valence-corrected chi connectivity index (χ1v) is 11.6. The number of ether oxygens (including phenoxy) is 1. The molecule has 6 nitrogen and oxygen atoms in total. The molecule has 0 radical (unpaired) electrons. The van der Waals surface area contributed by atoms with E-state index in [0.29, 0.717) is 18.6 Å². The van der Waals surface area contributed by atoms with Crippen molar-refractivity contribution >= 4 is 11.9 Å². The lowest BCUT2D eigenvalue weighted by atomic mass is 9.88. The molecule has 6 heteroatoms. The second-order valence-corrected chi connectivity index (χ2v) is 8.85. The average molecular weight is 401 g/mol. The number of hydrogen-bond donors (Lipinski definition) is 1. The lowest BCUT2D eigenvalue weighted by Gasteiger charge is -2.37. The van der Waals surface area contributed by atoms with E-state index in [2.05, 4.69) is 27.3 Å². The maximum Gasteiger partial charge on any atom is 0.409 e. The summed E-state index contributed by atoms with van der Waals surface area (Å²) in [5.74, 6) is 2.57. The van der Waals surface area contributed by atoms with Gasteiger partial charge in [0.2, 0.25) is 0 Å². The molecule has 4 rings (SSSR count). The van der Waals surface area contributed by atoms with E-state index in [4.69, 9.17) is 4.74 Å². The average Bonchev–Trinajstić information content (AvgIpc) is 3.59. The number of aromatic nitrogens is 1. The summed E-state index contributed by atoms with van der Waals surface area (Å²) in [6, 6.07) is 4.95. The van der Waals surface area contributed by atoms with Crippen molar-refractivity contribution in [2.24, 2.45) is 5.92 Å². The number of rotatable bonds is 6. The minimum Gasteiger partial charge on any atom is -0.450 e. The second kappa shape index (κ2) is 9.79. The highest BCUT2D eigenvalue weighted by Gasteiger charge is 2.30. The Kier molecular flexibility index (Phi) is 6.90. The molecule has 160 valence electrons. The van der Waals surface area contributed by atoms with Crippen LogP contribution in [-0.2, 0) is 4.74 Å². The first-order valence-electron chi connectivity index (χ1n) is 11.6. The number of hydrogen-bond acceptors (Lipinski definition) is 5. The molecule has 3 heterocycles. The van der Waals surface area contributed by atoms with Crippen LogP contribution in [0, 0.1) is 5.92 Å². The van der Waals surface area contributed by atoms with Gasteiger partial charge in [-0.15, -0.1) is 0 Å². The number of carbonyl (C=O) groups excluding carboxylic acids is 1. The van der Waals surface area contributed by atoms with Gasteiger partial charge in [0.1, 0.15) is 5.82 Å². The number of likely N-dealkylation sites (tertiary alicyclic amines) is 2. The summed E-state index contributed by atoms with van der Waals surface area (Å²) in [4.78, 5) is 21.2. The molecular formula is C23H36N4O2. The topological polar surface area (TPSA) is 57.7 Å². The number of piperidine rings is 1. The molecule has 0 bridgehead atoms. The molecule has 29 heavy (non-hydrogen) atoms. The predicted octanol–water partition coefficient (Wildman–Crippen LogP) is 4.09. The van der Waals surface area contributed by atoms with Crippen molar-refractivity contribution in [3.8, 4) is 0 Å². The lowest BCUT2D eigenvalue weighted by molar-refractivity contribution is 0.105. The zero-order chi connectivity index (χ0) is 20.1. The maximum atomic E-state index is 12.0. The third kappa shape index (κ3) is 5.41. The van der Waals surface area contributed by atoms with Gasteiger partial charge in [0, 0.05) is 31.9 Å². The summed E-state index contributed by atoms with van der Waals surface area (Å²) in [6.07, 6.45) is 10.2. The molecule has 1 aromatic heterocycles. The zero-order valence-corrected chi connectivity index (χ0v) is 17.8.